The fraction of sp³-hybridized carbons (Fsp3) is 0.946. The predicted octanol–water partition coefficient (Wildman–Crippen LogP) is 1.49. The predicted molar refractivity (Wildman–Crippen MR) is 174 cm³/mol. The highest BCUT2D eigenvalue weighted by Crippen LogP contribution is 2.77. The summed E-state index contributed by atoms with van der Waals surface area (Å²) < 4.78 is 18.9. The second-order valence-electron chi connectivity index (χ2n) is 18.0. The van der Waals surface area contributed by atoms with Gasteiger partial charge in [-0.3, -0.25) is 9.69 Å². The Hall–Kier alpha value is -1.38. The minimum Gasteiger partial charge on any atom is -0.456 e. The highest BCUT2D eigenvalue weighted by atomic mass is 16.7. The summed E-state index contributed by atoms with van der Waals surface area (Å²) in [6.45, 7) is 13.8. The Morgan fingerprint density at radius 1 is 1.06 bits per heavy atom. The molecular formula is C37H59NO11. The van der Waals surface area contributed by atoms with Gasteiger partial charge in [-0.2, -0.15) is 0 Å². The van der Waals surface area contributed by atoms with Crippen molar-refractivity contribution in [2.45, 2.75) is 158 Å². The summed E-state index contributed by atoms with van der Waals surface area (Å²) in [6, 6.07) is -0.218. The lowest BCUT2D eigenvalue weighted by atomic mass is 9.49. The molecule has 3 aliphatic heterocycles. The van der Waals surface area contributed by atoms with Crippen molar-refractivity contribution in [3.8, 4) is 0 Å². The van der Waals surface area contributed by atoms with Crippen molar-refractivity contribution in [2.24, 2.45) is 46.8 Å². The van der Waals surface area contributed by atoms with Crippen molar-refractivity contribution in [1.29, 1.82) is 0 Å². The molecule has 4 bridgehead atoms. The first-order valence-electron chi connectivity index (χ1n) is 18.9. The van der Waals surface area contributed by atoms with Crippen LogP contribution in [0, 0.1) is 46.8 Å². The highest BCUT2D eigenvalue weighted by Gasteiger charge is 2.87. The largest absolute Gasteiger partial charge is 0.456 e. The molecule has 0 amide bonds. The van der Waals surface area contributed by atoms with Gasteiger partial charge in [0.05, 0.1) is 29.3 Å². The van der Waals surface area contributed by atoms with Gasteiger partial charge in [-0.1, -0.05) is 34.6 Å². The molecule has 12 nitrogen and oxygen atoms in total. The van der Waals surface area contributed by atoms with Gasteiger partial charge >= 0.3 is 11.9 Å². The van der Waals surface area contributed by atoms with E-state index in [4.69, 9.17) is 14.2 Å². The van der Waals surface area contributed by atoms with E-state index < -0.39 is 105 Å². The van der Waals surface area contributed by atoms with Gasteiger partial charge in [0.15, 0.2) is 17.8 Å². The summed E-state index contributed by atoms with van der Waals surface area (Å²) in [4.78, 5) is 28.9. The molecule has 0 radical (unpaired) electrons. The normalized spacial score (nSPS) is 54.8. The maximum absolute atomic E-state index is 13.5. The molecule has 3 saturated heterocycles. The third-order valence-corrected chi connectivity index (χ3v) is 15.4. The van der Waals surface area contributed by atoms with Crippen LogP contribution in [0.15, 0.2) is 0 Å². The van der Waals surface area contributed by atoms with E-state index >= 15 is 0 Å². The Balaban J connectivity index is 1.35. The maximum atomic E-state index is 13.5. The lowest BCUT2D eigenvalue weighted by Crippen LogP contribution is -2.77. The SMILES string of the molecule is CCC(C)C(=O)OC1C(O)C2C(CN3CC(C)CCC3C2(C)O)C2CC34OC5(O)C(OC(=O)C(C)(O)CC)CCC3(C)C5CC(O)C4C21O. The average molecular weight is 694 g/mol. The first-order chi connectivity index (χ1) is 22.7. The molecule has 7 aliphatic rings. The van der Waals surface area contributed by atoms with Crippen LogP contribution in [0.25, 0.3) is 0 Å². The molecule has 3 heterocycles. The van der Waals surface area contributed by atoms with E-state index in [-0.39, 0.29) is 31.7 Å². The first-order valence-corrected chi connectivity index (χ1v) is 18.9. The number of hydrogen-bond acceptors (Lipinski definition) is 12. The number of piperidine rings is 2. The Kier molecular flexibility index (Phi) is 8.31. The summed E-state index contributed by atoms with van der Waals surface area (Å²) in [7, 11) is 0. The van der Waals surface area contributed by atoms with E-state index in [1.54, 1.807) is 20.8 Å². The van der Waals surface area contributed by atoms with Crippen LogP contribution in [0.4, 0.5) is 0 Å². The highest BCUT2D eigenvalue weighted by molar-refractivity contribution is 5.78. The van der Waals surface area contributed by atoms with E-state index in [1.807, 2.05) is 13.8 Å². The number of aliphatic hydroxyl groups excluding tert-OH is 2. The van der Waals surface area contributed by atoms with Gasteiger partial charge in [-0.05, 0) is 83.0 Å². The Morgan fingerprint density at radius 3 is 2.41 bits per heavy atom. The lowest BCUT2D eigenvalue weighted by Gasteiger charge is -2.64. The van der Waals surface area contributed by atoms with Crippen LogP contribution in [-0.2, 0) is 23.8 Å². The number of aliphatic hydroxyl groups is 6. The fourth-order valence-corrected chi connectivity index (χ4v) is 12.5. The van der Waals surface area contributed by atoms with Gasteiger partial charge in [0.1, 0.15) is 5.60 Å². The van der Waals surface area contributed by atoms with Crippen molar-refractivity contribution < 1.29 is 54.4 Å². The molecule has 6 N–H and O–H groups in total. The van der Waals surface area contributed by atoms with Crippen molar-refractivity contribution >= 4 is 11.9 Å². The van der Waals surface area contributed by atoms with Gasteiger partial charge < -0.3 is 44.8 Å². The molecular weight excluding hydrogens is 634 g/mol. The number of hydrogen-bond donors (Lipinski definition) is 6. The van der Waals surface area contributed by atoms with E-state index in [2.05, 4.69) is 11.8 Å². The number of nitrogens with zero attached hydrogens (tertiary/aromatic N) is 1. The van der Waals surface area contributed by atoms with Crippen LogP contribution < -0.4 is 0 Å². The van der Waals surface area contributed by atoms with Gasteiger partial charge in [0.25, 0.3) is 0 Å². The molecule has 7 fully saturated rings. The first kappa shape index (κ1) is 36.0. The number of carbonyl (C=O) groups is 2. The van der Waals surface area contributed by atoms with Crippen LogP contribution in [0.3, 0.4) is 0 Å². The fourth-order valence-electron chi connectivity index (χ4n) is 12.5. The molecule has 18 atom stereocenters. The maximum Gasteiger partial charge on any atom is 0.338 e. The van der Waals surface area contributed by atoms with Gasteiger partial charge in [0, 0.05) is 42.3 Å². The standard InChI is InChI=1S/C37H59NO11/c1-8-19(4)30(41)48-29-27(40)26-20(17-38-16-18(3)10-11-24(38)34(26,7)44)21-15-35-28(36(21,29)45)22(39)14-23-32(35,5)13-12-25(37(23,46)49-35)47-31(42)33(6,43)9-2/h18-29,39-40,43-46H,8-17H2,1-7H3. The van der Waals surface area contributed by atoms with Gasteiger partial charge in [-0.25, -0.2) is 4.79 Å². The quantitative estimate of drug-likeness (QED) is 0.221. The zero-order valence-corrected chi connectivity index (χ0v) is 30.2. The van der Waals surface area contributed by atoms with Crippen molar-refractivity contribution in [3.63, 3.8) is 0 Å². The van der Waals surface area contributed by atoms with Crippen LogP contribution in [0.2, 0.25) is 0 Å². The molecule has 4 saturated carbocycles. The smallest absolute Gasteiger partial charge is 0.338 e. The minimum atomic E-state index is -2.02. The molecule has 7 rings (SSSR count). The van der Waals surface area contributed by atoms with E-state index in [9.17, 15) is 40.2 Å². The van der Waals surface area contributed by atoms with Crippen LogP contribution in [0.1, 0.15) is 99.8 Å². The monoisotopic (exact) mass is 693 g/mol. The molecule has 12 heteroatoms. The number of ether oxygens (including phenoxy) is 3. The average Bonchev–Trinajstić information content (AvgIpc) is 3.31. The van der Waals surface area contributed by atoms with Gasteiger partial charge in [-0.15, -0.1) is 0 Å². The van der Waals surface area contributed by atoms with Crippen LogP contribution >= 0.6 is 0 Å². The lowest BCUT2D eigenvalue weighted by molar-refractivity contribution is -0.300. The molecule has 0 aromatic heterocycles. The van der Waals surface area contributed by atoms with Crippen LogP contribution in [0.5, 0.6) is 0 Å². The number of esters is 2. The van der Waals surface area contributed by atoms with Crippen molar-refractivity contribution in [3.05, 3.63) is 0 Å². The number of rotatable bonds is 6. The van der Waals surface area contributed by atoms with Crippen LogP contribution in [-0.4, -0.2) is 119 Å². The molecule has 4 aliphatic carbocycles. The third-order valence-electron chi connectivity index (χ3n) is 15.4. The summed E-state index contributed by atoms with van der Waals surface area (Å²) in [5.74, 6) is -7.17. The zero-order chi connectivity index (χ0) is 35.9. The molecule has 18 unspecified atom stereocenters. The molecule has 49 heavy (non-hydrogen) atoms. The minimum absolute atomic E-state index is 0.0202. The summed E-state index contributed by atoms with van der Waals surface area (Å²) in [6.07, 6.45) is -2.06. The van der Waals surface area contributed by atoms with E-state index in [1.165, 1.54) is 6.92 Å². The molecule has 278 valence electrons. The summed E-state index contributed by atoms with van der Waals surface area (Å²) in [5.41, 5.74) is -7.23. The van der Waals surface area contributed by atoms with Crippen molar-refractivity contribution in [2.75, 3.05) is 13.1 Å². The Morgan fingerprint density at radius 2 is 1.76 bits per heavy atom. The van der Waals surface area contributed by atoms with Gasteiger partial charge in [0.2, 0.25) is 5.79 Å². The van der Waals surface area contributed by atoms with E-state index in [0.29, 0.717) is 25.3 Å². The third kappa shape index (κ3) is 4.56. The Labute approximate surface area is 289 Å². The number of carbonyl (C=O) groups excluding carboxylic acids is 2. The summed E-state index contributed by atoms with van der Waals surface area (Å²) >= 11 is 0. The second kappa shape index (κ2) is 11.3. The molecule has 1 spiro atoms. The topological polar surface area (TPSA) is 186 Å². The zero-order valence-electron chi connectivity index (χ0n) is 30.2. The summed E-state index contributed by atoms with van der Waals surface area (Å²) in [5, 5.41) is 73.4. The molecule has 0 aromatic carbocycles. The van der Waals surface area contributed by atoms with Crippen molar-refractivity contribution in [1.82, 2.24) is 4.90 Å². The Bertz CT molecular complexity index is 1360. The molecule has 0 aromatic rings. The second-order valence-corrected chi connectivity index (χ2v) is 18.0. The van der Waals surface area contributed by atoms with E-state index in [0.717, 1.165) is 19.4 Å². The number of fused-ring (bicyclic) bond motifs is 5.